The van der Waals surface area contributed by atoms with Crippen molar-refractivity contribution in [2.75, 3.05) is 20.3 Å². The van der Waals surface area contributed by atoms with E-state index in [1.807, 2.05) is 6.07 Å². The lowest BCUT2D eigenvalue weighted by atomic mass is 10.0. The van der Waals surface area contributed by atoms with Crippen LogP contribution in [0.5, 0.6) is 5.75 Å². The molecule has 1 atom stereocenters. The Hall–Kier alpha value is -2.42. The molecular weight excluding hydrogens is 358 g/mol. The van der Waals surface area contributed by atoms with Gasteiger partial charge in [-0.3, -0.25) is 0 Å². The van der Waals surface area contributed by atoms with Crippen LogP contribution in [0.25, 0.3) is 0 Å². The van der Waals surface area contributed by atoms with E-state index in [1.54, 1.807) is 12.1 Å². The summed E-state index contributed by atoms with van der Waals surface area (Å²) in [6, 6.07) is 10.7. The molecule has 7 nitrogen and oxygen atoms in total. The molecule has 0 aromatic heterocycles. The molecule has 0 unspecified atom stereocenters. The molecule has 0 aliphatic carbocycles. The first-order valence-electron chi connectivity index (χ1n) is 8.02. The summed E-state index contributed by atoms with van der Waals surface area (Å²) in [7, 11) is -2.56. The highest BCUT2D eigenvalue weighted by molar-refractivity contribution is 7.89. The average Bonchev–Trinajstić information content (AvgIpc) is 3.13. The first kappa shape index (κ1) is 18.4. The summed E-state index contributed by atoms with van der Waals surface area (Å²) in [5, 5.41) is 10.3. The summed E-state index contributed by atoms with van der Waals surface area (Å²) in [5.74, 6) is 0.255. The Labute approximate surface area is 151 Å². The van der Waals surface area contributed by atoms with Crippen LogP contribution in [0.4, 0.5) is 0 Å². The minimum absolute atomic E-state index is 0.000272. The van der Waals surface area contributed by atoms with Crippen molar-refractivity contribution in [2.45, 2.75) is 17.4 Å². The van der Waals surface area contributed by atoms with Crippen LogP contribution in [0.3, 0.4) is 0 Å². The van der Waals surface area contributed by atoms with Crippen LogP contribution < -0.4 is 9.46 Å². The second-order valence-electron chi connectivity index (χ2n) is 5.85. The van der Waals surface area contributed by atoms with E-state index in [0.717, 1.165) is 17.7 Å². The standard InChI is InChI=1S/C18H19NO6S/c1-24-18(21)12-2-5-15(6-3-12)26(22,23)19-11-16(20)13-4-7-17-14(10-13)8-9-25-17/h2-7,10,16,19-20H,8-9,11H2,1H3/t16-/m0/s1. The Morgan fingerprint density at radius 1 is 1.27 bits per heavy atom. The lowest BCUT2D eigenvalue weighted by molar-refractivity contribution is 0.0600. The van der Waals surface area contributed by atoms with Crippen molar-refractivity contribution in [1.29, 1.82) is 0 Å². The number of ether oxygens (including phenoxy) is 2. The van der Waals surface area contributed by atoms with Gasteiger partial charge in [-0.05, 0) is 47.5 Å². The van der Waals surface area contributed by atoms with E-state index in [2.05, 4.69) is 9.46 Å². The second-order valence-corrected chi connectivity index (χ2v) is 7.62. The number of aliphatic hydroxyl groups is 1. The molecule has 1 heterocycles. The average molecular weight is 377 g/mol. The number of nitrogens with one attached hydrogen (secondary N) is 1. The summed E-state index contributed by atoms with van der Waals surface area (Å²) in [6.07, 6.45) is -0.209. The predicted molar refractivity (Wildman–Crippen MR) is 93.6 cm³/mol. The molecule has 0 saturated heterocycles. The van der Waals surface area contributed by atoms with Gasteiger partial charge in [0.25, 0.3) is 0 Å². The van der Waals surface area contributed by atoms with Gasteiger partial charge < -0.3 is 14.6 Å². The highest BCUT2D eigenvalue weighted by atomic mass is 32.2. The molecule has 138 valence electrons. The third-order valence-electron chi connectivity index (χ3n) is 4.15. The van der Waals surface area contributed by atoms with Gasteiger partial charge >= 0.3 is 5.97 Å². The Balaban J connectivity index is 1.67. The van der Waals surface area contributed by atoms with Crippen LogP contribution in [0.1, 0.15) is 27.6 Å². The number of hydrogen-bond acceptors (Lipinski definition) is 6. The van der Waals surface area contributed by atoms with Gasteiger partial charge in [-0.1, -0.05) is 6.07 Å². The Morgan fingerprint density at radius 2 is 2.00 bits per heavy atom. The number of fused-ring (bicyclic) bond motifs is 1. The van der Waals surface area contributed by atoms with Crippen molar-refractivity contribution < 1.29 is 27.8 Å². The number of rotatable bonds is 6. The SMILES string of the molecule is COC(=O)c1ccc(S(=O)(=O)NC[C@H](O)c2ccc3c(c2)CCO3)cc1. The Morgan fingerprint density at radius 3 is 2.69 bits per heavy atom. The van der Waals surface area contributed by atoms with E-state index < -0.39 is 22.1 Å². The fourth-order valence-electron chi connectivity index (χ4n) is 2.69. The molecular formula is C18H19NO6S. The van der Waals surface area contributed by atoms with Crippen LogP contribution in [0.15, 0.2) is 47.4 Å². The van der Waals surface area contributed by atoms with Gasteiger partial charge in [-0.2, -0.15) is 0 Å². The van der Waals surface area contributed by atoms with E-state index >= 15 is 0 Å². The zero-order valence-corrected chi connectivity index (χ0v) is 15.0. The fraction of sp³-hybridized carbons (Fsp3) is 0.278. The second kappa shape index (κ2) is 7.45. The molecule has 2 aromatic carbocycles. The number of benzene rings is 2. The van der Waals surface area contributed by atoms with Crippen LogP contribution in [0, 0.1) is 0 Å². The molecule has 8 heteroatoms. The molecule has 1 aliphatic rings. The Kier molecular flexibility index (Phi) is 5.26. The molecule has 0 bridgehead atoms. The molecule has 0 radical (unpaired) electrons. The van der Waals surface area contributed by atoms with E-state index in [0.29, 0.717) is 12.2 Å². The maximum absolute atomic E-state index is 12.3. The predicted octanol–water partition coefficient (Wildman–Crippen LogP) is 1.42. The quantitative estimate of drug-likeness (QED) is 0.738. The van der Waals surface area contributed by atoms with Crippen molar-refractivity contribution in [3.8, 4) is 5.75 Å². The number of aliphatic hydroxyl groups excluding tert-OH is 1. The molecule has 2 N–H and O–H groups in total. The van der Waals surface area contributed by atoms with E-state index in [9.17, 15) is 18.3 Å². The fourth-order valence-corrected chi connectivity index (χ4v) is 3.73. The number of carbonyl (C=O) groups excluding carboxylic acids is 1. The van der Waals surface area contributed by atoms with Gasteiger partial charge in [0.15, 0.2) is 0 Å². The molecule has 26 heavy (non-hydrogen) atoms. The topological polar surface area (TPSA) is 102 Å². The van der Waals surface area contributed by atoms with Crippen LogP contribution >= 0.6 is 0 Å². The lowest BCUT2D eigenvalue weighted by Crippen LogP contribution is -2.28. The zero-order chi connectivity index (χ0) is 18.7. The molecule has 2 aromatic rings. The maximum Gasteiger partial charge on any atom is 0.337 e. The summed E-state index contributed by atoms with van der Waals surface area (Å²) in [5.41, 5.74) is 1.88. The molecule has 1 aliphatic heterocycles. The third-order valence-corrected chi connectivity index (χ3v) is 5.59. The number of esters is 1. The van der Waals surface area contributed by atoms with Crippen molar-refractivity contribution in [2.24, 2.45) is 0 Å². The molecule has 0 spiro atoms. The van der Waals surface area contributed by atoms with Crippen molar-refractivity contribution >= 4 is 16.0 Å². The van der Waals surface area contributed by atoms with Crippen LogP contribution in [-0.2, 0) is 21.2 Å². The minimum atomic E-state index is -3.81. The highest BCUT2D eigenvalue weighted by Crippen LogP contribution is 2.28. The molecule has 0 saturated carbocycles. The minimum Gasteiger partial charge on any atom is -0.493 e. The monoisotopic (exact) mass is 377 g/mol. The molecule has 0 amide bonds. The van der Waals surface area contributed by atoms with Crippen LogP contribution in [-0.4, -0.2) is 39.8 Å². The molecule has 0 fully saturated rings. The zero-order valence-electron chi connectivity index (χ0n) is 14.1. The van der Waals surface area contributed by atoms with Gasteiger partial charge in [-0.25, -0.2) is 17.9 Å². The van der Waals surface area contributed by atoms with Crippen molar-refractivity contribution in [1.82, 2.24) is 4.72 Å². The summed E-state index contributed by atoms with van der Waals surface area (Å²) >= 11 is 0. The number of methoxy groups -OCH3 is 1. The first-order chi connectivity index (χ1) is 12.4. The smallest absolute Gasteiger partial charge is 0.337 e. The van der Waals surface area contributed by atoms with Gasteiger partial charge in [-0.15, -0.1) is 0 Å². The maximum atomic E-state index is 12.3. The van der Waals surface area contributed by atoms with E-state index in [-0.39, 0.29) is 17.0 Å². The number of hydrogen-bond donors (Lipinski definition) is 2. The van der Waals surface area contributed by atoms with Gasteiger partial charge in [0.05, 0.1) is 30.3 Å². The normalized spacial score (nSPS) is 14.4. The van der Waals surface area contributed by atoms with Crippen molar-refractivity contribution in [3.63, 3.8) is 0 Å². The summed E-state index contributed by atoms with van der Waals surface area (Å²) in [4.78, 5) is 11.4. The van der Waals surface area contributed by atoms with Gasteiger partial charge in [0, 0.05) is 13.0 Å². The number of carbonyl (C=O) groups is 1. The first-order valence-corrected chi connectivity index (χ1v) is 9.51. The summed E-state index contributed by atoms with van der Waals surface area (Å²) < 4.78 is 37.1. The Bertz CT molecular complexity index is 908. The van der Waals surface area contributed by atoms with Gasteiger partial charge in [0.2, 0.25) is 10.0 Å². The highest BCUT2D eigenvalue weighted by Gasteiger charge is 2.19. The summed E-state index contributed by atoms with van der Waals surface area (Å²) in [6.45, 7) is 0.448. The van der Waals surface area contributed by atoms with Crippen molar-refractivity contribution in [3.05, 3.63) is 59.2 Å². The van der Waals surface area contributed by atoms with E-state index in [1.165, 1.54) is 31.4 Å². The molecule has 3 rings (SSSR count). The lowest BCUT2D eigenvalue weighted by Gasteiger charge is -2.14. The van der Waals surface area contributed by atoms with Gasteiger partial charge in [0.1, 0.15) is 5.75 Å². The van der Waals surface area contributed by atoms with Crippen LogP contribution in [0.2, 0.25) is 0 Å². The number of sulfonamides is 1. The van der Waals surface area contributed by atoms with E-state index in [4.69, 9.17) is 4.74 Å². The third kappa shape index (κ3) is 3.87. The largest absolute Gasteiger partial charge is 0.493 e.